The Morgan fingerprint density at radius 3 is 2.65 bits per heavy atom. The van der Waals surface area contributed by atoms with Gasteiger partial charge < -0.3 is 9.72 Å². The molecule has 3 rings (SSSR count). The van der Waals surface area contributed by atoms with Gasteiger partial charge in [-0.25, -0.2) is 4.98 Å². The Balaban J connectivity index is 1.77. The van der Waals surface area contributed by atoms with E-state index in [1.165, 1.54) is 0 Å². The zero-order valence-corrected chi connectivity index (χ0v) is 12.5. The van der Waals surface area contributed by atoms with Crippen LogP contribution < -0.4 is 5.32 Å². The first-order valence-electron chi connectivity index (χ1n) is 5.94. The number of benzene rings is 1. The Morgan fingerprint density at radius 2 is 1.85 bits per heavy atom. The zero-order chi connectivity index (χ0) is 14.1. The first kappa shape index (κ1) is 13.6. The Kier molecular flexibility index (Phi) is 3.74. The van der Waals surface area contributed by atoms with Crippen molar-refractivity contribution in [3.05, 3.63) is 63.5 Å². The molecule has 1 aromatic carbocycles. The van der Waals surface area contributed by atoms with E-state index in [9.17, 15) is 0 Å². The average Bonchev–Trinajstić information content (AvgIpc) is 2.82. The maximum atomic E-state index is 5.97. The predicted molar refractivity (Wildman–Crippen MR) is 84.0 cm³/mol. The zero-order valence-electron chi connectivity index (χ0n) is 10.3. The standard InChI is InChI=1S/C14H10Cl3N3/c15-9-1-4-14-19-11(8-20(14)7-9)6-18-10-2-3-12(16)13(17)5-10/h1-5,7-8,18H,6H2. The summed E-state index contributed by atoms with van der Waals surface area (Å²) in [6.45, 7) is 0.595. The van der Waals surface area contributed by atoms with Crippen molar-refractivity contribution in [2.45, 2.75) is 6.54 Å². The summed E-state index contributed by atoms with van der Waals surface area (Å²) in [5.41, 5.74) is 2.67. The number of rotatable bonds is 3. The molecule has 0 saturated heterocycles. The van der Waals surface area contributed by atoms with Crippen molar-refractivity contribution in [1.82, 2.24) is 9.38 Å². The van der Waals surface area contributed by atoms with E-state index in [1.54, 1.807) is 12.1 Å². The molecule has 3 nitrogen and oxygen atoms in total. The van der Waals surface area contributed by atoms with Crippen LogP contribution in [0.25, 0.3) is 5.65 Å². The van der Waals surface area contributed by atoms with E-state index >= 15 is 0 Å². The molecular weight excluding hydrogens is 317 g/mol. The van der Waals surface area contributed by atoms with Crippen molar-refractivity contribution in [2.75, 3.05) is 5.32 Å². The second kappa shape index (κ2) is 5.52. The van der Waals surface area contributed by atoms with Crippen LogP contribution >= 0.6 is 34.8 Å². The van der Waals surface area contributed by atoms with E-state index < -0.39 is 0 Å². The highest BCUT2D eigenvalue weighted by atomic mass is 35.5. The summed E-state index contributed by atoms with van der Waals surface area (Å²) in [5.74, 6) is 0. The third kappa shape index (κ3) is 2.85. The molecule has 0 amide bonds. The number of fused-ring (bicyclic) bond motifs is 1. The number of hydrogen-bond donors (Lipinski definition) is 1. The summed E-state index contributed by atoms with van der Waals surface area (Å²) in [5, 5.41) is 5.00. The number of pyridine rings is 1. The van der Waals surface area contributed by atoms with Crippen LogP contribution in [-0.4, -0.2) is 9.38 Å². The van der Waals surface area contributed by atoms with Gasteiger partial charge in [-0.3, -0.25) is 0 Å². The largest absolute Gasteiger partial charge is 0.379 e. The molecule has 0 radical (unpaired) electrons. The number of halogens is 3. The highest BCUT2D eigenvalue weighted by molar-refractivity contribution is 6.42. The van der Waals surface area contributed by atoms with Crippen molar-refractivity contribution in [3.63, 3.8) is 0 Å². The number of hydrogen-bond acceptors (Lipinski definition) is 2. The molecule has 0 aliphatic carbocycles. The molecule has 102 valence electrons. The fraction of sp³-hybridized carbons (Fsp3) is 0.0714. The fourth-order valence-electron chi connectivity index (χ4n) is 1.90. The smallest absolute Gasteiger partial charge is 0.137 e. The second-order valence-electron chi connectivity index (χ2n) is 4.33. The summed E-state index contributed by atoms with van der Waals surface area (Å²) in [4.78, 5) is 4.49. The van der Waals surface area contributed by atoms with Crippen molar-refractivity contribution in [2.24, 2.45) is 0 Å². The van der Waals surface area contributed by atoms with Crippen molar-refractivity contribution in [3.8, 4) is 0 Å². The molecule has 0 spiro atoms. The molecule has 0 saturated carbocycles. The van der Waals surface area contributed by atoms with E-state index in [4.69, 9.17) is 34.8 Å². The Morgan fingerprint density at radius 1 is 1.00 bits per heavy atom. The molecule has 6 heteroatoms. The minimum Gasteiger partial charge on any atom is -0.379 e. The molecule has 2 aromatic heterocycles. The maximum absolute atomic E-state index is 5.97. The van der Waals surface area contributed by atoms with E-state index in [2.05, 4.69) is 10.3 Å². The van der Waals surface area contributed by atoms with Gasteiger partial charge >= 0.3 is 0 Å². The lowest BCUT2D eigenvalue weighted by molar-refractivity contribution is 1.08. The first-order chi connectivity index (χ1) is 9.61. The lowest BCUT2D eigenvalue weighted by Gasteiger charge is -2.05. The molecule has 0 atom stereocenters. The molecule has 0 fully saturated rings. The quantitative estimate of drug-likeness (QED) is 0.741. The summed E-state index contributed by atoms with van der Waals surface area (Å²) in [6.07, 6.45) is 3.76. The Labute approximate surface area is 131 Å². The van der Waals surface area contributed by atoms with E-state index in [0.29, 0.717) is 21.6 Å². The van der Waals surface area contributed by atoms with Crippen molar-refractivity contribution < 1.29 is 0 Å². The van der Waals surface area contributed by atoms with Gasteiger partial charge in [-0.2, -0.15) is 0 Å². The summed E-state index contributed by atoms with van der Waals surface area (Å²) < 4.78 is 1.90. The van der Waals surface area contributed by atoms with Gasteiger partial charge in [0, 0.05) is 18.1 Å². The molecule has 0 aliphatic heterocycles. The lowest BCUT2D eigenvalue weighted by atomic mass is 10.3. The lowest BCUT2D eigenvalue weighted by Crippen LogP contribution is -1.99. The summed E-state index contributed by atoms with van der Waals surface area (Å²) in [6, 6.07) is 9.12. The monoisotopic (exact) mass is 325 g/mol. The molecule has 0 bridgehead atoms. The Bertz CT molecular complexity index is 767. The van der Waals surface area contributed by atoms with Gasteiger partial charge in [-0.15, -0.1) is 0 Å². The van der Waals surface area contributed by atoms with E-state index in [1.807, 2.05) is 35.0 Å². The molecule has 2 heterocycles. The van der Waals surface area contributed by atoms with Crippen LogP contribution in [0.4, 0.5) is 5.69 Å². The molecule has 0 unspecified atom stereocenters. The van der Waals surface area contributed by atoms with Gasteiger partial charge in [0.2, 0.25) is 0 Å². The van der Waals surface area contributed by atoms with Gasteiger partial charge in [0.05, 0.1) is 27.3 Å². The number of imidazole rings is 1. The van der Waals surface area contributed by atoms with E-state index in [0.717, 1.165) is 17.0 Å². The fourth-order valence-corrected chi connectivity index (χ4v) is 2.37. The normalized spacial score (nSPS) is 10.9. The second-order valence-corrected chi connectivity index (χ2v) is 5.58. The van der Waals surface area contributed by atoms with Gasteiger partial charge in [0.25, 0.3) is 0 Å². The number of aromatic nitrogens is 2. The SMILES string of the molecule is Clc1ccc2nc(CNc3ccc(Cl)c(Cl)c3)cn2c1. The molecule has 20 heavy (non-hydrogen) atoms. The van der Waals surface area contributed by atoms with Crippen LogP contribution in [0, 0.1) is 0 Å². The minimum absolute atomic E-state index is 0.526. The van der Waals surface area contributed by atoms with Crippen molar-refractivity contribution in [1.29, 1.82) is 0 Å². The highest BCUT2D eigenvalue weighted by Crippen LogP contribution is 2.25. The van der Waals surface area contributed by atoms with Gasteiger partial charge in [0.15, 0.2) is 0 Å². The van der Waals surface area contributed by atoms with E-state index in [-0.39, 0.29) is 0 Å². The maximum Gasteiger partial charge on any atom is 0.137 e. The summed E-state index contributed by atoms with van der Waals surface area (Å²) >= 11 is 17.8. The molecule has 1 N–H and O–H groups in total. The molecule has 3 aromatic rings. The topological polar surface area (TPSA) is 29.3 Å². The van der Waals surface area contributed by atoms with Crippen LogP contribution in [0.5, 0.6) is 0 Å². The number of anilines is 1. The highest BCUT2D eigenvalue weighted by Gasteiger charge is 2.03. The minimum atomic E-state index is 0.526. The Hall–Kier alpha value is -1.42. The van der Waals surface area contributed by atoms with Crippen LogP contribution in [-0.2, 0) is 6.54 Å². The van der Waals surface area contributed by atoms with Crippen LogP contribution in [0.15, 0.2) is 42.7 Å². The van der Waals surface area contributed by atoms with Crippen LogP contribution in [0.2, 0.25) is 15.1 Å². The van der Waals surface area contributed by atoms with Crippen LogP contribution in [0.1, 0.15) is 5.69 Å². The number of nitrogens with zero attached hydrogens (tertiary/aromatic N) is 2. The first-order valence-corrected chi connectivity index (χ1v) is 7.07. The third-order valence-corrected chi connectivity index (χ3v) is 3.82. The average molecular weight is 327 g/mol. The summed E-state index contributed by atoms with van der Waals surface area (Å²) in [7, 11) is 0. The van der Waals surface area contributed by atoms with Crippen molar-refractivity contribution >= 4 is 46.1 Å². The molecule has 0 aliphatic rings. The molecular formula is C14H10Cl3N3. The third-order valence-electron chi connectivity index (χ3n) is 2.86. The predicted octanol–water partition coefficient (Wildman–Crippen LogP) is 4.91. The van der Waals surface area contributed by atoms with Gasteiger partial charge in [-0.1, -0.05) is 34.8 Å². The van der Waals surface area contributed by atoms with Gasteiger partial charge in [-0.05, 0) is 30.3 Å². The van der Waals surface area contributed by atoms with Crippen LogP contribution in [0.3, 0.4) is 0 Å². The number of nitrogens with one attached hydrogen (secondary N) is 1. The van der Waals surface area contributed by atoms with Gasteiger partial charge in [0.1, 0.15) is 5.65 Å².